The van der Waals surface area contributed by atoms with Crippen LogP contribution >= 0.6 is 11.3 Å². The Morgan fingerprint density at radius 2 is 2.14 bits per heavy atom. The Bertz CT molecular complexity index is 946. The second-order valence-corrected chi connectivity index (χ2v) is 9.10. The molecule has 1 unspecified atom stereocenters. The Morgan fingerprint density at radius 1 is 1.34 bits per heavy atom. The van der Waals surface area contributed by atoms with Crippen molar-refractivity contribution in [1.29, 1.82) is 0 Å². The van der Waals surface area contributed by atoms with Gasteiger partial charge in [-0.15, -0.1) is 11.3 Å². The number of amides is 1. The number of aryl methyl sites for hydroxylation is 2. The molecule has 29 heavy (non-hydrogen) atoms. The summed E-state index contributed by atoms with van der Waals surface area (Å²) in [5.41, 5.74) is 1.74. The number of fused-ring (bicyclic) bond motifs is 1. The number of hydrogen-bond donors (Lipinski definition) is 1. The number of anilines is 1. The molecule has 1 aliphatic carbocycles. The highest BCUT2D eigenvalue weighted by atomic mass is 32.1. The summed E-state index contributed by atoms with van der Waals surface area (Å²) in [7, 11) is 0. The van der Waals surface area contributed by atoms with Crippen LogP contribution in [0.4, 0.5) is 5.13 Å². The first-order chi connectivity index (χ1) is 14.0. The monoisotopic (exact) mass is 416 g/mol. The number of carbonyl (C=O) groups excluding carboxylic acids is 1. The Labute approximate surface area is 174 Å². The van der Waals surface area contributed by atoms with Crippen molar-refractivity contribution in [3.8, 4) is 0 Å². The summed E-state index contributed by atoms with van der Waals surface area (Å²) in [6.07, 6.45) is 4.89. The smallest absolute Gasteiger partial charge is 0.263 e. The van der Waals surface area contributed by atoms with Crippen LogP contribution in [0.5, 0.6) is 0 Å². The molecule has 1 amide bonds. The molecule has 2 aromatic heterocycles. The average Bonchev–Trinajstić information content (AvgIpc) is 3.09. The van der Waals surface area contributed by atoms with E-state index in [4.69, 9.17) is 4.74 Å². The third-order valence-corrected chi connectivity index (χ3v) is 6.80. The van der Waals surface area contributed by atoms with Gasteiger partial charge in [0.05, 0.1) is 18.9 Å². The van der Waals surface area contributed by atoms with Gasteiger partial charge in [-0.05, 0) is 43.7 Å². The highest BCUT2D eigenvalue weighted by Crippen LogP contribution is 2.32. The second-order valence-electron chi connectivity index (χ2n) is 8.02. The van der Waals surface area contributed by atoms with Crippen LogP contribution in [0.2, 0.25) is 0 Å². The van der Waals surface area contributed by atoms with Crippen molar-refractivity contribution < 1.29 is 9.53 Å². The summed E-state index contributed by atoms with van der Waals surface area (Å²) in [5, 5.41) is 3.47. The first-order valence-electron chi connectivity index (χ1n) is 10.3. The van der Waals surface area contributed by atoms with E-state index in [0.717, 1.165) is 57.8 Å². The van der Waals surface area contributed by atoms with Gasteiger partial charge in [-0.25, -0.2) is 4.98 Å². The Balaban J connectivity index is 1.48. The van der Waals surface area contributed by atoms with Gasteiger partial charge in [0.15, 0.2) is 5.13 Å². The standard InChI is InChI=1S/C21H28N4O3S/c1-14-3-4-16-17(13-14)29-21(22-16)23-19(26)18-15(2)5-6-25(20(18)27)8-7-24-9-11-28-12-10-24/h5-6,14H,3-4,7-13H2,1-2H3,(H,22,23,26). The minimum atomic E-state index is -0.368. The Hall–Kier alpha value is -2.03. The van der Waals surface area contributed by atoms with E-state index in [-0.39, 0.29) is 17.0 Å². The molecule has 0 spiro atoms. The van der Waals surface area contributed by atoms with Gasteiger partial charge < -0.3 is 9.30 Å². The summed E-state index contributed by atoms with van der Waals surface area (Å²) in [4.78, 5) is 34.0. The molecule has 0 radical (unpaired) electrons. The van der Waals surface area contributed by atoms with E-state index >= 15 is 0 Å². The topological polar surface area (TPSA) is 76.5 Å². The number of aromatic nitrogens is 2. The molecular weight excluding hydrogens is 388 g/mol. The number of ether oxygens (including phenoxy) is 1. The molecular formula is C21H28N4O3S. The van der Waals surface area contributed by atoms with Gasteiger partial charge in [-0.3, -0.25) is 19.8 Å². The summed E-state index contributed by atoms with van der Waals surface area (Å²) in [6.45, 7) is 8.58. The largest absolute Gasteiger partial charge is 0.379 e. The van der Waals surface area contributed by atoms with Crippen molar-refractivity contribution in [2.45, 2.75) is 39.7 Å². The fourth-order valence-electron chi connectivity index (χ4n) is 3.94. The third kappa shape index (κ3) is 4.60. The minimum absolute atomic E-state index is 0.205. The van der Waals surface area contributed by atoms with E-state index in [1.54, 1.807) is 17.7 Å². The highest BCUT2D eigenvalue weighted by molar-refractivity contribution is 7.15. The Kier molecular flexibility index (Phi) is 6.12. The maximum atomic E-state index is 13.0. The van der Waals surface area contributed by atoms with Crippen molar-refractivity contribution in [3.63, 3.8) is 0 Å². The van der Waals surface area contributed by atoms with Gasteiger partial charge in [-0.2, -0.15) is 0 Å². The maximum Gasteiger partial charge on any atom is 0.263 e. The molecule has 0 bridgehead atoms. The quantitative estimate of drug-likeness (QED) is 0.810. The van der Waals surface area contributed by atoms with Crippen LogP contribution < -0.4 is 10.9 Å². The van der Waals surface area contributed by atoms with Gasteiger partial charge in [0, 0.05) is 37.3 Å². The molecule has 2 aliphatic rings. The van der Waals surface area contributed by atoms with Crippen LogP contribution in [-0.4, -0.2) is 53.2 Å². The van der Waals surface area contributed by atoms with Gasteiger partial charge in [0.2, 0.25) is 0 Å². The first kappa shape index (κ1) is 20.3. The molecule has 0 saturated carbocycles. The molecule has 1 fully saturated rings. The third-order valence-electron chi connectivity index (χ3n) is 5.77. The van der Waals surface area contributed by atoms with E-state index in [0.29, 0.717) is 23.2 Å². The zero-order valence-electron chi connectivity index (χ0n) is 17.1. The van der Waals surface area contributed by atoms with Crippen LogP contribution in [0.3, 0.4) is 0 Å². The molecule has 4 rings (SSSR count). The van der Waals surface area contributed by atoms with Crippen molar-refractivity contribution in [2.24, 2.45) is 5.92 Å². The number of hydrogen-bond acceptors (Lipinski definition) is 6. The zero-order valence-corrected chi connectivity index (χ0v) is 17.9. The van der Waals surface area contributed by atoms with Crippen LogP contribution in [0.25, 0.3) is 0 Å². The fourth-order valence-corrected chi connectivity index (χ4v) is 5.11. The lowest BCUT2D eigenvalue weighted by atomic mass is 9.93. The molecule has 2 aromatic rings. The van der Waals surface area contributed by atoms with Gasteiger partial charge in [0.1, 0.15) is 5.56 Å². The highest BCUT2D eigenvalue weighted by Gasteiger charge is 2.22. The maximum absolute atomic E-state index is 13.0. The molecule has 1 aliphatic heterocycles. The van der Waals surface area contributed by atoms with Crippen LogP contribution in [-0.2, 0) is 24.1 Å². The minimum Gasteiger partial charge on any atom is -0.379 e. The Morgan fingerprint density at radius 3 is 2.93 bits per heavy atom. The fraction of sp³-hybridized carbons (Fsp3) is 0.571. The van der Waals surface area contributed by atoms with Crippen LogP contribution in [0.1, 0.15) is 39.8 Å². The molecule has 1 atom stereocenters. The first-order valence-corrected chi connectivity index (χ1v) is 11.1. The average molecular weight is 417 g/mol. The molecule has 0 aromatic carbocycles. The summed E-state index contributed by atoms with van der Waals surface area (Å²) >= 11 is 1.54. The number of nitrogens with zero attached hydrogens (tertiary/aromatic N) is 3. The predicted molar refractivity (Wildman–Crippen MR) is 114 cm³/mol. The van der Waals surface area contributed by atoms with Gasteiger partial charge in [0.25, 0.3) is 11.5 Å². The number of pyridine rings is 1. The van der Waals surface area contributed by atoms with Gasteiger partial charge in [-0.1, -0.05) is 6.92 Å². The SMILES string of the molecule is Cc1ccn(CCN2CCOCC2)c(=O)c1C(=O)Nc1nc2c(s1)CC(C)CC2. The van der Waals surface area contributed by atoms with E-state index in [1.165, 1.54) is 16.2 Å². The van der Waals surface area contributed by atoms with Crippen molar-refractivity contribution in [1.82, 2.24) is 14.5 Å². The molecule has 1 saturated heterocycles. The van der Waals surface area contributed by atoms with Crippen molar-refractivity contribution >= 4 is 22.4 Å². The van der Waals surface area contributed by atoms with Crippen molar-refractivity contribution in [3.05, 3.63) is 44.3 Å². The van der Waals surface area contributed by atoms with Crippen LogP contribution in [0, 0.1) is 12.8 Å². The molecule has 156 valence electrons. The lowest BCUT2D eigenvalue weighted by molar-refractivity contribution is 0.0363. The second kappa shape index (κ2) is 8.77. The molecule has 3 heterocycles. The predicted octanol–water partition coefficient (Wildman–Crippen LogP) is 2.32. The summed E-state index contributed by atoms with van der Waals surface area (Å²) < 4.78 is 7.00. The number of morpholine rings is 1. The molecule has 1 N–H and O–H groups in total. The summed E-state index contributed by atoms with van der Waals surface area (Å²) in [6, 6.07) is 1.84. The normalized spacial score (nSPS) is 19.7. The lowest BCUT2D eigenvalue weighted by Gasteiger charge is -2.26. The molecule has 8 heteroatoms. The van der Waals surface area contributed by atoms with Gasteiger partial charge >= 0.3 is 0 Å². The lowest BCUT2D eigenvalue weighted by Crippen LogP contribution is -2.40. The van der Waals surface area contributed by atoms with Crippen LogP contribution in [0.15, 0.2) is 17.1 Å². The van der Waals surface area contributed by atoms with Crippen molar-refractivity contribution in [2.75, 3.05) is 38.2 Å². The molecule has 7 nitrogen and oxygen atoms in total. The number of nitrogens with one attached hydrogen (secondary N) is 1. The number of thiazole rings is 1. The van der Waals surface area contributed by atoms with E-state index in [2.05, 4.69) is 22.1 Å². The summed E-state index contributed by atoms with van der Waals surface area (Å²) in [5.74, 6) is 0.286. The van der Waals surface area contributed by atoms with E-state index < -0.39 is 0 Å². The number of rotatable bonds is 5. The van der Waals surface area contributed by atoms with E-state index in [1.807, 2.05) is 6.07 Å². The number of carbonyl (C=O) groups is 1. The zero-order chi connectivity index (χ0) is 20.4. The van der Waals surface area contributed by atoms with E-state index in [9.17, 15) is 9.59 Å².